The Labute approximate surface area is 38.7 Å². The Bertz CT molecular complexity index is 65.0. The van der Waals surface area contributed by atoms with Crippen molar-refractivity contribution in [3.63, 3.8) is 0 Å². The van der Waals surface area contributed by atoms with Gasteiger partial charge in [0.25, 0.3) is 0 Å². The van der Waals surface area contributed by atoms with E-state index in [1.165, 1.54) is 6.32 Å². The van der Waals surface area contributed by atoms with Crippen LogP contribution in [-0.4, -0.2) is 31.8 Å². The molecule has 1 aliphatic rings. The molecule has 0 saturated carbocycles. The Morgan fingerprint density at radius 2 is 2.80 bits per heavy atom. The van der Waals surface area contributed by atoms with Crippen LogP contribution in [0.3, 0.4) is 0 Å². The second kappa shape index (κ2) is 1.72. The maximum atomic E-state index is 2.34. The van der Waals surface area contributed by atoms with Crippen molar-refractivity contribution in [2.45, 2.75) is 6.32 Å². The zero-order chi connectivity index (χ0) is 3.54. The fourth-order valence-electron chi connectivity index (χ4n) is 0.304. The minimum atomic E-state index is 0.549. The Hall–Kier alpha value is 0.363. The molecule has 2 heteroatoms. The summed E-state index contributed by atoms with van der Waals surface area (Å²) in [7, 11) is 0. The molecule has 0 radical (unpaired) electrons. The van der Waals surface area contributed by atoms with Crippen LogP contribution >= 0.6 is 0 Å². The number of hydrogen-bond donors (Lipinski definition) is 0. The molecule has 5 heavy (non-hydrogen) atoms. The van der Waals surface area contributed by atoms with Gasteiger partial charge in [-0.15, -0.1) is 0 Å². The molecule has 0 saturated heterocycles. The van der Waals surface area contributed by atoms with Crippen LogP contribution in [0.15, 0.2) is 0 Å². The molecule has 0 aliphatic carbocycles. The van der Waals surface area contributed by atoms with Crippen molar-refractivity contribution in [1.82, 2.24) is 0 Å². The average Bonchev–Trinajstić information content (AvgIpc) is 1.76. The summed E-state index contributed by atoms with van der Waals surface area (Å²) in [6, 6.07) is 0. The predicted octanol–water partition coefficient (Wildman–Crippen LogP) is -0.611. The van der Waals surface area contributed by atoms with Crippen molar-refractivity contribution >= 4 is 31.8 Å². The first-order valence-electron chi connectivity index (χ1n) is 1.67. The Kier molecular flexibility index (Phi) is 1.22. The van der Waals surface area contributed by atoms with E-state index in [0.29, 0.717) is 15.3 Å². The van der Waals surface area contributed by atoms with Crippen molar-refractivity contribution in [3.8, 4) is 0 Å². The minimum absolute atomic E-state index is 0.549. The van der Waals surface area contributed by atoms with Gasteiger partial charge in [-0.3, -0.25) is 0 Å². The van der Waals surface area contributed by atoms with Gasteiger partial charge in [-0.1, -0.05) is 0 Å². The molecule has 0 spiro atoms. The van der Waals surface area contributed by atoms with Crippen LogP contribution in [0.25, 0.3) is 0 Å². The van der Waals surface area contributed by atoms with Gasteiger partial charge in [0.05, 0.1) is 0 Å². The second-order valence-corrected chi connectivity index (χ2v) is 2.97. The van der Waals surface area contributed by atoms with Crippen LogP contribution in [0.1, 0.15) is 0 Å². The third-order valence-electron chi connectivity index (χ3n) is 0.538. The predicted molar refractivity (Wildman–Crippen MR) is 28.4 cm³/mol. The molecular formula is C3H4AsB. The Morgan fingerprint density at radius 3 is 3.00 bits per heavy atom. The summed E-state index contributed by atoms with van der Waals surface area (Å²) in [5.74, 6) is 0. The molecule has 0 bridgehead atoms. The van der Waals surface area contributed by atoms with E-state index in [2.05, 4.69) is 16.5 Å². The standard InChI is InChI=1S/C3H4AsB/c1-2-5-3-4-1/h1,3H,2H2. The van der Waals surface area contributed by atoms with E-state index in [-0.39, 0.29) is 0 Å². The summed E-state index contributed by atoms with van der Waals surface area (Å²) in [6.45, 7) is 2.22. The maximum absolute atomic E-state index is 2.34. The average molecular weight is 126 g/mol. The van der Waals surface area contributed by atoms with Gasteiger partial charge in [0.15, 0.2) is 0 Å². The van der Waals surface area contributed by atoms with Crippen molar-refractivity contribution < 1.29 is 0 Å². The topological polar surface area (TPSA) is 0 Å². The van der Waals surface area contributed by atoms with Gasteiger partial charge in [-0.25, -0.2) is 0 Å². The molecule has 1 heterocycles. The summed E-state index contributed by atoms with van der Waals surface area (Å²) in [5.41, 5.74) is 0. The SMILES string of the molecule is B1=C[As]=CC1. The van der Waals surface area contributed by atoms with Crippen molar-refractivity contribution in [3.05, 3.63) is 0 Å². The first-order valence-corrected chi connectivity index (χ1v) is 3.83. The molecule has 0 amide bonds. The van der Waals surface area contributed by atoms with E-state index in [9.17, 15) is 0 Å². The molecule has 0 N–H and O–H groups in total. The van der Waals surface area contributed by atoms with E-state index in [1.807, 2.05) is 0 Å². The second-order valence-electron chi connectivity index (χ2n) is 0.952. The molecule has 0 aromatic carbocycles. The van der Waals surface area contributed by atoms with E-state index in [1.54, 1.807) is 0 Å². The van der Waals surface area contributed by atoms with E-state index in [4.69, 9.17) is 0 Å². The summed E-state index contributed by atoms with van der Waals surface area (Å²) in [5, 5.41) is 0. The number of rotatable bonds is 0. The molecular weight excluding hydrogens is 122 g/mol. The molecule has 0 nitrogen and oxygen atoms in total. The third kappa shape index (κ3) is 0.847. The van der Waals surface area contributed by atoms with E-state index >= 15 is 0 Å². The van der Waals surface area contributed by atoms with Crippen LogP contribution in [0.2, 0.25) is 6.32 Å². The zero-order valence-corrected chi connectivity index (χ0v) is 4.76. The van der Waals surface area contributed by atoms with Crippen molar-refractivity contribution in [1.29, 1.82) is 0 Å². The van der Waals surface area contributed by atoms with Gasteiger partial charge in [0.2, 0.25) is 0 Å². The summed E-state index contributed by atoms with van der Waals surface area (Å²) < 4.78 is 2.27. The molecule has 24 valence electrons. The van der Waals surface area contributed by atoms with Gasteiger partial charge < -0.3 is 0 Å². The van der Waals surface area contributed by atoms with Crippen LogP contribution in [0.4, 0.5) is 0 Å². The molecule has 0 fully saturated rings. The molecule has 0 aromatic heterocycles. The zero-order valence-electron chi connectivity index (χ0n) is 2.89. The fourth-order valence-corrected chi connectivity index (χ4v) is 1.58. The third-order valence-corrected chi connectivity index (χ3v) is 2.23. The Morgan fingerprint density at radius 1 is 1.80 bits per heavy atom. The van der Waals surface area contributed by atoms with Gasteiger partial charge in [-0.05, 0) is 0 Å². The molecule has 0 atom stereocenters. The normalized spacial score (nSPS) is 19.2. The summed E-state index contributed by atoms with van der Waals surface area (Å²) >= 11 is 0.549. The summed E-state index contributed by atoms with van der Waals surface area (Å²) in [4.78, 5) is 2.34. The van der Waals surface area contributed by atoms with E-state index < -0.39 is 0 Å². The Balaban J connectivity index is 2.61. The van der Waals surface area contributed by atoms with Crippen LogP contribution in [-0.2, 0) is 0 Å². The van der Waals surface area contributed by atoms with Gasteiger partial charge >= 0.3 is 38.1 Å². The number of hydrogen-bond acceptors (Lipinski definition) is 0. The van der Waals surface area contributed by atoms with Gasteiger partial charge in [0.1, 0.15) is 0 Å². The fraction of sp³-hybridized carbons (Fsp3) is 0.333. The van der Waals surface area contributed by atoms with Gasteiger partial charge in [-0.2, -0.15) is 0 Å². The molecule has 0 aromatic rings. The van der Waals surface area contributed by atoms with Crippen molar-refractivity contribution in [2.75, 3.05) is 0 Å². The van der Waals surface area contributed by atoms with Gasteiger partial charge in [0, 0.05) is 0 Å². The van der Waals surface area contributed by atoms with Crippen LogP contribution in [0, 0.1) is 0 Å². The van der Waals surface area contributed by atoms with Crippen molar-refractivity contribution in [2.24, 2.45) is 0 Å². The molecule has 1 aliphatic heterocycles. The van der Waals surface area contributed by atoms with E-state index in [0.717, 1.165) is 0 Å². The first-order chi connectivity index (χ1) is 2.50. The summed E-state index contributed by atoms with van der Waals surface area (Å²) in [6.07, 6.45) is 1.24. The molecule has 0 unspecified atom stereocenters. The molecule has 1 rings (SSSR count). The first kappa shape index (κ1) is 3.55. The van der Waals surface area contributed by atoms with Crippen LogP contribution < -0.4 is 0 Å². The quantitative estimate of drug-likeness (QED) is 0.379. The monoisotopic (exact) mass is 126 g/mol. The van der Waals surface area contributed by atoms with Crippen LogP contribution in [0.5, 0.6) is 0 Å².